The van der Waals surface area contributed by atoms with Gasteiger partial charge in [0.1, 0.15) is 0 Å². The van der Waals surface area contributed by atoms with Crippen LogP contribution in [0.25, 0.3) is 0 Å². The van der Waals surface area contributed by atoms with E-state index in [2.05, 4.69) is 4.90 Å². The lowest BCUT2D eigenvalue weighted by Gasteiger charge is -2.39. The van der Waals surface area contributed by atoms with Crippen LogP contribution < -0.4 is 0 Å². The lowest BCUT2D eigenvalue weighted by molar-refractivity contribution is -0.128. The second-order valence-electron chi connectivity index (χ2n) is 5.55. The van der Waals surface area contributed by atoms with E-state index in [1.807, 2.05) is 11.8 Å². The molecule has 20 heavy (non-hydrogen) atoms. The molecular weight excluding hydrogens is 260 g/mol. The summed E-state index contributed by atoms with van der Waals surface area (Å²) in [6.45, 7) is 6.29. The van der Waals surface area contributed by atoms with Crippen LogP contribution in [-0.4, -0.2) is 70.7 Å². The standard InChI is InChI=1S/C13H24N2O2.CH2O2/c1-2-13(17)6-4-7-14(11-13)9-10-15-8-3-5-12(15)16;2-1-3/h17H,2-11H2,1H3;1H,(H,2,3). The van der Waals surface area contributed by atoms with Gasteiger partial charge in [0.05, 0.1) is 5.60 Å². The summed E-state index contributed by atoms with van der Waals surface area (Å²) >= 11 is 0. The highest BCUT2D eigenvalue weighted by molar-refractivity contribution is 5.78. The van der Waals surface area contributed by atoms with Gasteiger partial charge in [-0.1, -0.05) is 6.92 Å². The van der Waals surface area contributed by atoms with Gasteiger partial charge in [-0.15, -0.1) is 0 Å². The maximum absolute atomic E-state index is 11.5. The molecule has 0 saturated carbocycles. The minimum Gasteiger partial charge on any atom is -0.483 e. The average Bonchev–Trinajstić information content (AvgIpc) is 2.83. The van der Waals surface area contributed by atoms with E-state index >= 15 is 0 Å². The largest absolute Gasteiger partial charge is 0.483 e. The first-order chi connectivity index (χ1) is 9.54. The Labute approximate surface area is 120 Å². The molecule has 0 aromatic rings. The van der Waals surface area contributed by atoms with Crippen molar-refractivity contribution in [2.45, 2.75) is 44.6 Å². The summed E-state index contributed by atoms with van der Waals surface area (Å²) in [6.07, 6.45) is 4.55. The zero-order valence-electron chi connectivity index (χ0n) is 12.3. The van der Waals surface area contributed by atoms with Crippen molar-refractivity contribution in [1.29, 1.82) is 0 Å². The van der Waals surface area contributed by atoms with E-state index in [-0.39, 0.29) is 6.47 Å². The van der Waals surface area contributed by atoms with Gasteiger partial charge in [0.25, 0.3) is 6.47 Å². The van der Waals surface area contributed by atoms with E-state index in [9.17, 15) is 9.90 Å². The summed E-state index contributed by atoms with van der Waals surface area (Å²) in [7, 11) is 0. The van der Waals surface area contributed by atoms with E-state index in [4.69, 9.17) is 9.90 Å². The highest BCUT2D eigenvalue weighted by Gasteiger charge is 2.31. The number of nitrogens with zero attached hydrogens (tertiary/aromatic N) is 2. The molecule has 6 nitrogen and oxygen atoms in total. The monoisotopic (exact) mass is 286 g/mol. The van der Waals surface area contributed by atoms with Gasteiger partial charge in [-0.2, -0.15) is 0 Å². The van der Waals surface area contributed by atoms with Gasteiger partial charge in [0.2, 0.25) is 5.91 Å². The predicted molar refractivity (Wildman–Crippen MR) is 75.4 cm³/mol. The number of carbonyl (C=O) groups is 2. The zero-order valence-corrected chi connectivity index (χ0v) is 12.3. The smallest absolute Gasteiger partial charge is 0.290 e. The van der Waals surface area contributed by atoms with Crippen molar-refractivity contribution in [3.63, 3.8) is 0 Å². The van der Waals surface area contributed by atoms with Gasteiger partial charge in [0.15, 0.2) is 0 Å². The van der Waals surface area contributed by atoms with Gasteiger partial charge in [0, 0.05) is 32.6 Å². The summed E-state index contributed by atoms with van der Waals surface area (Å²) in [4.78, 5) is 24.1. The number of hydrogen-bond acceptors (Lipinski definition) is 4. The third kappa shape index (κ3) is 5.09. The molecule has 0 aromatic carbocycles. The van der Waals surface area contributed by atoms with Crippen molar-refractivity contribution >= 4 is 12.4 Å². The van der Waals surface area contributed by atoms with Crippen LogP contribution in [0.3, 0.4) is 0 Å². The van der Waals surface area contributed by atoms with Crippen LogP contribution in [0.1, 0.15) is 39.0 Å². The van der Waals surface area contributed by atoms with Gasteiger partial charge in [-0.05, 0) is 32.2 Å². The number of aliphatic hydroxyl groups is 1. The molecule has 1 atom stereocenters. The Morgan fingerprint density at radius 3 is 2.55 bits per heavy atom. The quantitative estimate of drug-likeness (QED) is 0.738. The molecule has 0 spiro atoms. The number of hydrogen-bond donors (Lipinski definition) is 2. The molecule has 2 heterocycles. The predicted octanol–water partition coefficient (Wildman–Crippen LogP) is 0.547. The molecule has 2 fully saturated rings. The molecule has 2 rings (SSSR count). The van der Waals surface area contributed by atoms with Crippen LogP contribution >= 0.6 is 0 Å². The number of carbonyl (C=O) groups excluding carboxylic acids is 1. The van der Waals surface area contributed by atoms with Crippen molar-refractivity contribution in [2.75, 3.05) is 32.7 Å². The Morgan fingerprint density at radius 1 is 1.30 bits per heavy atom. The normalized spacial score (nSPS) is 27.1. The fourth-order valence-electron chi connectivity index (χ4n) is 2.89. The molecule has 0 radical (unpaired) electrons. The third-order valence-corrected chi connectivity index (χ3v) is 4.15. The Kier molecular flexibility index (Phi) is 6.95. The minimum atomic E-state index is -0.493. The summed E-state index contributed by atoms with van der Waals surface area (Å²) in [5.41, 5.74) is -0.493. The highest BCUT2D eigenvalue weighted by atomic mass is 16.3. The van der Waals surface area contributed by atoms with Crippen molar-refractivity contribution in [2.24, 2.45) is 0 Å². The number of likely N-dealkylation sites (tertiary alicyclic amines) is 2. The Hall–Kier alpha value is -1.14. The van der Waals surface area contributed by atoms with Crippen molar-refractivity contribution in [1.82, 2.24) is 9.80 Å². The molecule has 116 valence electrons. The maximum Gasteiger partial charge on any atom is 0.290 e. The van der Waals surface area contributed by atoms with Gasteiger partial charge in [-0.3, -0.25) is 14.5 Å². The van der Waals surface area contributed by atoms with Crippen molar-refractivity contribution < 1.29 is 19.8 Å². The number of amides is 1. The minimum absolute atomic E-state index is 0.250. The lowest BCUT2D eigenvalue weighted by atomic mass is 9.90. The zero-order chi connectivity index (χ0) is 15.0. The third-order valence-electron chi connectivity index (χ3n) is 4.15. The molecule has 0 aliphatic carbocycles. The first-order valence-corrected chi connectivity index (χ1v) is 7.35. The number of carboxylic acid groups (broad SMARTS) is 1. The van der Waals surface area contributed by atoms with E-state index in [1.165, 1.54) is 0 Å². The van der Waals surface area contributed by atoms with Crippen LogP contribution in [0, 0.1) is 0 Å². The molecule has 2 saturated heterocycles. The fourth-order valence-corrected chi connectivity index (χ4v) is 2.89. The van der Waals surface area contributed by atoms with Crippen LogP contribution in [0.15, 0.2) is 0 Å². The van der Waals surface area contributed by atoms with Crippen molar-refractivity contribution in [3.8, 4) is 0 Å². The SMILES string of the molecule is CCC1(O)CCCN(CCN2CCCC2=O)C1.O=CO. The molecule has 0 bridgehead atoms. The lowest BCUT2D eigenvalue weighted by Crippen LogP contribution is -2.49. The highest BCUT2D eigenvalue weighted by Crippen LogP contribution is 2.24. The number of piperidine rings is 1. The molecular formula is C14H26N2O4. The second-order valence-corrected chi connectivity index (χ2v) is 5.55. The van der Waals surface area contributed by atoms with E-state index in [0.717, 1.165) is 64.8 Å². The molecule has 2 N–H and O–H groups in total. The van der Waals surface area contributed by atoms with Gasteiger partial charge < -0.3 is 15.1 Å². The summed E-state index contributed by atoms with van der Waals surface area (Å²) in [5.74, 6) is 0.299. The number of rotatable bonds is 4. The first kappa shape index (κ1) is 16.9. The van der Waals surface area contributed by atoms with Crippen LogP contribution in [0.5, 0.6) is 0 Å². The molecule has 6 heteroatoms. The second kappa shape index (κ2) is 8.21. The maximum atomic E-state index is 11.5. The topological polar surface area (TPSA) is 81.1 Å². The van der Waals surface area contributed by atoms with E-state index in [0.29, 0.717) is 5.91 Å². The molecule has 2 aliphatic rings. The molecule has 1 unspecified atom stereocenters. The Balaban J connectivity index is 0.000000612. The Morgan fingerprint density at radius 2 is 2.00 bits per heavy atom. The van der Waals surface area contributed by atoms with Gasteiger partial charge >= 0.3 is 0 Å². The van der Waals surface area contributed by atoms with Gasteiger partial charge in [-0.25, -0.2) is 0 Å². The molecule has 2 aliphatic heterocycles. The van der Waals surface area contributed by atoms with Crippen LogP contribution in [0.2, 0.25) is 0 Å². The summed E-state index contributed by atoms with van der Waals surface area (Å²) in [6, 6.07) is 0. The van der Waals surface area contributed by atoms with Crippen LogP contribution in [-0.2, 0) is 9.59 Å². The first-order valence-electron chi connectivity index (χ1n) is 7.35. The number of β-amino-alcohol motifs (C(OH)–C–C–N with tert-alkyl or cyclic N) is 1. The van der Waals surface area contributed by atoms with E-state index in [1.54, 1.807) is 0 Å². The average molecular weight is 286 g/mol. The van der Waals surface area contributed by atoms with Crippen LogP contribution in [0.4, 0.5) is 0 Å². The fraction of sp³-hybridized carbons (Fsp3) is 0.857. The van der Waals surface area contributed by atoms with Crippen molar-refractivity contribution in [3.05, 3.63) is 0 Å². The summed E-state index contributed by atoms with van der Waals surface area (Å²) < 4.78 is 0. The molecule has 0 aromatic heterocycles. The van der Waals surface area contributed by atoms with E-state index < -0.39 is 5.60 Å². The molecule has 1 amide bonds. The summed E-state index contributed by atoms with van der Waals surface area (Å²) in [5, 5.41) is 17.2. The Bertz CT molecular complexity index is 324.